The molecule has 0 atom stereocenters. The van der Waals surface area contributed by atoms with E-state index in [1.54, 1.807) is 18.4 Å². The maximum Gasteiger partial charge on any atom is 0.225 e. The van der Waals surface area contributed by atoms with Gasteiger partial charge >= 0.3 is 0 Å². The minimum absolute atomic E-state index is 0.0629. The minimum Gasteiger partial charge on any atom is -0.383 e. The summed E-state index contributed by atoms with van der Waals surface area (Å²) >= 11 is 4.96. The maximum absolute atomic E-state index is 11.5. The van der Waals surface area contributed by atoms with E-state index in [0.717, 1.165) is 21.8 Å². The van der Waals surface area contributed by atoms with E-state index in [4.69, 9.17) is 4.74 Å². The molecule has 0 aliphatic rings. The Morgan fingerprint density at radius 3 is 2.88 bits per heavy atom. The molecule has 17 heavy (non-hydrogen) atoms. The molecule has 96 valence electrons. The van der Waals surface area contributed by atoms with Crippen molar-refractivity contribution in [3.05, 3.63) is 20.8 Å². The predicted octanol–water partition coefficient (Wildman–Crippen LogP) is 1.41. The van der Waals surface area contributed by atoms with Gasteiger partial charge in [0.2, 0.25) is 5.91 Å². The SMILES string of the molecule is COCCNCCNC(=O)Cc1ccc(Br)s1. The number of thiophene rings is 1. The van der Waals surface area contributed by atoms with Crippen molar-refractivity contribution in [2.24, 2.45) is 0 Å². The number of rotatable bonds is 8. The molecule has 0 aromatic carbocycles. The zero-order valence-electron chi connectivity index (χ0n) is 9.79. The summed E-state index contributed by atoms with van der Waals surface area (Å²) in [6.07, 6.45) is 0.453. The molecule has 1 aromatic heterocycles. The lowest BCUT2D eigenvalue weighted by Gasteiger charge is -2.05. The third-order valence-electron chi connectivity index (χ3n) is 2.07. The molecule has 4 nitrogen and oxygen atoms in total. The predicted molar refractivity (Wildman–Crippen MR) is 73.5 cm³/mol. The van der Waals surface area contributed by atoms with Crippen LogP contribution in [0.4, 0.5) is 0 Å². The highest BCUT2D eigenvalue weighted by molar-refractivity contribution is 9.11. The first kappa shape index (κ1) is 14.6. The zero-order valence-corrected chi connectivity index (χ0v) is 12.2. The molecule has 0 unspecified atom stereocenters. The van der Waals surface area contributed by atoms with Crippen molar-refractivity contribution in [2.45, 2.75) is 6.42 Å². The molecule has 1 rings (SSSR count). The quantitative estimate of drug-likeness (QED) is 0.712. The molecule has 1 heterocycles. The number of carbonyl (C=O) groups excluding carboxylic acids is 1. The van der Waals surface area contributed by atoms with Crippen molar-refractivity contribution in [2.75, 3.05) is 33.4 Å². The van der Waals surface area contributed by atoms with Gasteiger partial charge in [-0.2, -0.15) is 0 Å². The Labute approximate surface area is 114 Å². The van der Waals surface area contributed by atoms with Gasteiger partial charge in [0.25, 0.3) is 0 Å². The van der Waals surface area contributed by atoms with Gasteiger partial charge in [-0.05, 0) is 28.1 Å². The molecule has 1 aromatic rings. The fourth-order valence-corrected chi connectivity index (χ4v) is 2.74. The number of amides is 1. The van der Waals surface area contributed by atoms with Gasteiger partial charge in [0.1, 0.15) is 0 Å². The fraction of sp³-hybridized carbons (Fsp3) is 0.545. The number of ether oxygens (including phenoxy) is 1. The van der Waals surface area contributed by atoms with Crippen molar-refractivity contribution in [1.82, 2.24) is 10.6 Å². The van der Waals surface area contributed by atoms with Crippen LogP contribution in [0.2, 0.25) is 0 Å². The number of hydrogen-bond donors (Lipinski definition) is 2. The lowest BCUT2D eigenvalue weighted by molar-refractivity contribution is -0.120. The van der Waals surface area contributed by atoms with Crippen LogP contribution in [0.15, 0.2) is 15.9 Å². The normalized spacial score (nSPS) is 10.5. The highest BCUT2D eigenvalue weighted by Crippen LogP contribution is 2.22. The Kier molecular flexibility index (Phi) is 7.43. The second-order valence-corrected chi connectivity index (χ2v) is 6.02. The van der Waals surface area contributed by atoms with E-state index < -0.39 is 0 Å². The topological polar surface area (TPSA) is 50.4 Å². The van der Waals surface area contributed by atoms with E-state index in [1.165, 1.54) is 0 Å². The Morgan fingerprint density at radius 1 is 1.41 bits per heavy atom. The van der Waals surface area contributed by atoms with Crippen molar-refractivity contribution in [3.63, 3.8) is 0 Å². The second-order valence-electron chi connectivity index (χ2n) is 3.48. The molecule has 0 bridgehead atoms. The Balaban J connectivity index is 2.05. The lowest BCUT2D eigenvalue weighted by Crippen LogP contribution is -2.33. The molecule has 0 saturated carbocycles. The monoisotopic (exact) mass is 320 g/mol. The van der Waals surface area contributed by atoms with Gasteiger partial charge in [0, 0.05) is 31.6 Å². The van der Waals surface area contributed by atoms with Crippen LogP contribution in [0.25, 0.3) is 0 Å². The Bertz CT molecular complexity index is 344. The highest BCUT2D eigenvalue weighted by atomic mass is 79.9. The van der Waals surface area contributed by atoms with Gasteiger partial charge in [-0.25, -0.2) is 0 Å². The molecule has 0 fully saturated rings. The van der Waals surface area contributed by atoms with Crippen LogP contribution in [0.5, 0.6) is 0 Å². The van der Waals surface area contributed by atoms with E-state index in [0.29, 0.717) is 19.6 Å². The standard InChI is InChI=1S/C11H17BrN2O2S/c1-16-7-6-13-4-5-14-11(15)8-9-2-3-10(12)17-9/h2-3,13H,4-8H2,1H3,(H,14,15). The third kappa shape index (κ3) is 6.78. The van der Waals surface area contributed by atoms with Crippen molar-refractivity contribution < 1.29 is 9.53 Å². The summed E-state index contributed by atoms with van der Waals surface area (Å²) in [5.41, 5.74) is 0. The summed E-state index contributed by atoms with van der Waals surface area (Å²) in [6, 6.07) is 3.92. The summed E-state index contributed by atoms with van der Waals surface area (Å²) in [5.74, 6) is 0.0629. The molecule has 0 saturated heterocycles. The van der Waals surface area contributed by atoms with Crippen LogP contribution >= 0.6 is 27.3 Å². The number of nitrogens with one attached hydrogen (secondary N) is 2. The summed E-state index contributed by atoms with van der Waals surface area (Å²) < 4.78 is 5.95. The number of halogens is 1. The van der Waals surface area contributed by atoms with Gasteiger partial charge in [-0.3, -0.25) is 4.79 Å². The van der Waals surface area contributed by atoms with Gasteiger partial charge in [0.15, 0.2) is 0 Å². The van der Waals surface area contributed by atoms with Crippen LogP contribution in [0.1, 0.15) is 4.88 Å². The first-order chi connectivity index (χ1) is 8.22. The van der Waals surface area contributed by atoms with E-state index >= 15 is 0 Å². The van der Waals surface area contributed by atoms with Crippen LogP contribution < -0.4 is 10.6 Å². The largest absolute Gasteiger partial charge is 0.383 e. The van der Waals surface area contributed by atoms with E-state index in [2.05, 4.69) is 26.6 Å². The molecule has 6 heteroatoms. The van der Waals surface area contributed by atoms with Crippen LogP contribution in [0.3, 0.4) is 0 Å². The average Bonchev–Trinajstić information content (AvgIpc) is 2.69. The van der Waals surface area contributed by atoms with Gasteiger partial charge < -0.3 is 15.4 Å². The molecular formula is C11H17BrN2O2S. The van der Waals surface area contributed by atoms with Crippen LogP contribution in [0, 0.1) is 0 Å². The fourth-order valence-electron chi connectivity index (χ4n) is 1.26. The van der Waals surface area contributed by atoms with Crippen molar-refractivity contribution in [1.29, 1.82) is 0 Å². The van der Waals surface area contributed by atoms with E-state index in [-0.39, 0.29) is 5.91 Å². The van der Waals surface area contributed by atoms with E-state index in [1.807, 2.05) is 12.1 Å². The van der Waals surface area contributed by atoms with Crippen molar-refractivity contribution >= 4 is 33.2 Å². The molecule has 0 radical (unpaired) electrons. The number of hydrogen-bond acceptors (Lipinski definition) is 4. The van der Waals surface area contributed by atoms with Crippen LogP contribution in [-0.4, -0.2) is 39.3 Å². The summed E-state index contributed by atoms with van der Waals surface area (Å²) in [6.45, 7) is 2.92. The number of carbonyl (C=O) groups is 1. The van der Waals surface area contributed by atoms with Crippen LogP contribution in [-0.2, 0) is 16.0 Å². The molecule has 2 N–H and O–H groups in total. The maximum atomic E-state index is 11.5. The van der Waals surface area contributed by atoms with Crippen molar-refractivity contribution in [3.8, 4) is 0 Å². The van der Waals surface area contributed by atoms with Gasteiger partial charge in [-0.1, -0.05) is 0 Å². The lowest BCUT2D eigenvalue weighted by atomic mass is 10.3. The first-order valence-corrected chi connectivity index (χ1v) is 7.04. The Morgan fingerprint density at radius 2 is 2.24 bits per heavy atom. The Hall–Kier alpha value is -0.430. The second kappa shape index (κ2) is 8.63. The zero-order chi connectivity index (χ0) is 12.5. The van der Waals surface area contributed by atoms with Gasteiger partial charge in [0.05, 0.1) is 16.8 Å². The molecule has 0 spiro atoms. The van der Waals surface area contributed by atoms with Gasteiger partial charge in [-0.15, -0.1) is 11.3 Å². The molecular weight excluding hydrogens is 304 g/mol. The smallest absolute Gasteiger partial charge is 0.225 e. The average molecular weight is 321 g/mol. The summed E-state index contributed by atoms with van der Waals surface area (Å²) in [5, 5.41) is 6.03. The molecule has 1 amide bonds. The molecule has 0 aliphatic heterocycles. The van der Waals surface area contributed by atoms with E-state index in [9.17, 15) is 4.79 Å². The molecule has 0 aliphatic carbocycles. The number of methoxy groups -OCH3 is 1. The first-order valence-electron chi connectivity index (χ1n) is 5.43. The third-order valence-corrected chi connectivity index (χ3v) is 3.69. The summed E-state index contributed by atoms with van der Waals surface area (Å²) in [7, 11) is 1.67. The summed E-state index contributed by atoms with van der Waals surface area (Å²) in [4.78, 5) is 12.6. The highest BCUT2D eigenvalue weighted by Gasteiger charge is 2.04. The minimum atomic E-state index is 0.0629.